The Morgan fingerprint density at radius 1 is 0.620 bits per heavy atom. The lowest BCUT2D eigenvalue weighted by Gasteiger charge is -2.19. The van der Waals surface area contributed by atoms with Crippen LogP contribution in [0.1, 0.15) is 149 Å². The topological polar surface area (TPSA) is 134 Å². The highest BCUT2D eigenvalue weighted by Gasteiger charge is 2.25. The molecule has 0 spiro atoms. The van der Waals surface area contributed by atoms with Gasteiger partial charge in [0, 0.05) is 19.4 Å². The Labute approximate surface area is 304 Å². The van der Waals surface area contributed by atoms with E-state index in [1.807, 2.05) is 6.08 Å². The van der Waals surface area contributed by atoms with Crippen molar-refractivity contribution < 1.29 is 37.6 Å². The quantitative estimate of drug-likeness (QED) is 0.0283. The third-order valence-corrected chi connectivity index (χ3v) is 8.65. The summed E-state index contributed by atoms with van der Waals surface area (Å²) in [6.45, 7) is 3.52. The number of hydrogen-bond acceptors (Lipinski definition) is 8. The molecule has 0 aromatic rings. The molecule has 0 saturated carbocycles. The van der Waals surface area contributed by atoms with Gasteiger partial charge >= 0.3 is 19.8 Å². The third kappa shape index (κ3) is 35.5. The summed E-state index contributed by atoms with van der Waals surface area (Å²) >= 11 is 0. The van der Waals surface area contributed by atoms with Crippen LogP contribution in [-0.2, 0) is 32.7 Å². The Kier molecular flexibility index (Phi) is 34.8. The van der Waals surface area contributed by atoms with Gasteiger partial charge in [-0.3, -0.25) is 18.6 Å². The number of hydrogen-bond donors (Lipinski definition) is 2. The Balaban J connectivity index is 4.34. The Bertz CT molecular complexity index is 1010. The van der Waals surface area contributed by atoms with Crippen LogP contribution in [0.5, 0.6) is 0 Å². The molecule has 0 fully saturated rings. The standard InChI is InChI=1S/C40H70NO8P/c1-3-5-7-9-11-13-15-17-18-19-20-21-23-25-27-29-31-33-40(43)49-38(37-48-50(44,45)47-35-34-41)36-46-39(42)32-30-28-26-24-22-16-14-12-10-8-6-4-2/h5,7,11,13,17-18,20-21,25,27,38H,3-4,6,8-10,12,14-16,19,22-24,26,28-37,41H2,1-2H3,(H,44,45)/b7-5-,13-11-,18-17-,21-20-,27-25-. The van der Waals surface area contributed by atoms with Gasteiger partial charge in [-0.15, -0.1) is 0 Å². The van der Waals surface area contributed by atoms with E-state index in [1.54, 1.807) is 0 Å². The van der Waals surface area contributed by atoms with Gasteiger partial charge in [0.25, 0.3) is 0 Å². The molecule has 0 aliphatic rings. The summed E-state index contributed by atoms with van der Waals surface area (Å²) in [5.41, 5.74) is 5.33. The minimum atomic E-state index is -4.39. The lowest BCUT2D eigenvalue weighted by molar-refractivity contribution is -0.161. The van der Waals surface area contributed by atoms with Gasteiger partial charge in [0.15, 0.2) is 6.10 Å². The predicted molar refractivity (Wildman–Crippen MR) is 206 cm³/mol. The predicted octanol–water partition coefficient (Wildman–Crippen LogP) is 10.5. The first-order chi connectivity index (χ1) is 24.3. The number of nitrogens with two attached hydrogens (primary N) is 1. The Morgan fingerprint density at radius 2 is 1.10 bits per heavy atom. The maximum absolute atomic E-state index is 12.5. The molecule has 0 amide bonds. The van der Waals surface area contributed by atoms with Crippen molar-refractivity contribution in [2.24, 2.45) is 5.73 Å². The lowest BCUT2D eigenvalue weighted by atomic mass is 10.0. The van der Waals surface area contributed by atoms with E-state index < -0.39 is 32.5 Å². The molecule has 0 rings (SSSR count). The number of phosphoric acid groups is 1. The fourth-order valence-electron chi connectivity index (χ4n) is 4.84. The molecule has 0 aromatic heterocycles. The van der Waals surface area contributed by atoms with Gasteiger partial charge in [0.1, 0.15) is 6.61 Å². The van der Waals surface area contributed by atoms with Crippen LogP contribution in [0, 0.1) is 0 Å². The summed E-state index contributed by atoms with van der Waals surface area (Å²) < 4.78 is 32.6. The molecule has 0 radical (unpaired) electrons. The molecule has 0 bridgehead atoms. The number of carbonyl (C=O) groups is 2. The van der Waals surface area contributed by atoms with Crippen LogP contribution in [0.15, 0.2) is 60.8 Å². The van der Waals surface area contributed by atoms with Crippen molar-refractivity contribution in [1.82, 2.24) is 0 Å². The zero-order valence-electron chi connectivity index (χ0n) is 31.4. The van der Waals surface area contributed by atoms with Crippen molar-refractivity contribution in [2.75, 3.05) is 26.4 Å². The molecule has 0 saturated heterocycles. The molecule has 288 valence electrons. The molecular weight excluding hydrogens is 653 g/mol. The van der Waals surface area contributed by atoms with Crippen LogP contribution in [0.25, 0.3) is 0 Å². The van der Waals surface area contributed by atoms with Gasteiger partial charge < -0.3 is 20.1 Å². The second-order valence-electron chi connectivity index (χ2n) is 12.4. The monoisotopic (exact) mass is 723 g/mol. The average Bonchev–Trinajstić information content (AvgIpc) is 3.10. The average molecular weight is 724 g/mol. The smallest absolute Gasteiger partial charge is 0.462 e. The van der Waals surface area contributed by atoms with Gasteiger partial charge in [-0.2, -0.15) is 0 Å². The van der Waals surface area contributed by atoms with Gasteiger partial charge in [0.2, 0.25) is 0 Å². The van der Waals surface area contributed by atoms with Gasteiger partial charge in [-0.05, 0) is 51.4 Å². The SMILES string of the molecule is CC/C=C\C/C=C\C/C=C\C/C=C\C/C=C\CCCC(=O)OC(COC(=O)CCCCCCCCCCCCCC)COP(=O)(O)OCCN. The molecule has 50 heavy (non-hydrogen) atoms. The van der Waals surface area contributed by atoms with E-state index in [2.05, 4.69) is 68.5 Å². The summed E-state index contributed by atoms with van der Waals surface area (Å²) in [7, 11) is -4.39. The van der Waals surface area contributed by atoms with Crippen LogP contribution in [0.4, 0.5) is 0 Å². The number of phosphoric ester groups is 1. The van der Waals surface area contributed by atoms with Gasteiger partial charge in [-0.25, -0.2) is 4.57 Å². The Morgan fingerprint density at radius 3 is 1.62 bits per heavy atom. The second kappa shape index (κ2) is 36.5. The normalized spacial score (nSPS) is 14.1. The molecule has 0 heterocycles. The molecule has 2 unspecified atom stereocenters. The van der Waals surface area contributed by atoms with Gasteiger partial charge in [0.05, 0.1) is 13.2 Å². The van der Waals surface area contributed by atoms with Crippen LogP contribution in [0.3, 0.4) is 0 Å². The second-order valence-corrected chi connectivity index (χ2v) is 13.9. The summed E-state index contributed by atoms with van der Waals surface area (Å²) in [6.07, 6.45) is 41.1. The number of carbonyl (C=O) groups excluding carboxylic acids is 2. The fourth-order valence-corrected chi connectivity index (χ4v) is 5.61. The molecule has 9 nitrogen and oxygen atoms in total. The van der Waals surface area contributed by atoms with Gasteiger partial charge in [-0.1, -0.05) is 145 Å². The van der Waals surface area contributed by atoms with Crippen molar-refractivity contribution >= 4 is 19.8 Å². The van der Waals surface area contributed by atoms with Crippen LogP contribution < -0.4 is 5.73 Å². The first-order valence-corrected chi connectivity index (χ1v) is 20.8. The first-order valence-electron chi connectivity index (χ1n) is 19.3. The fraction of sp³-hybridized carbons (Fsp3) is 0.700. The van der Waals surface area contributed by atoms with Crippen molar-refractivity contribution in [3.05, 3.63) is 60.8 Å². The van der Waals surface area contributed by atoms with Crippen molar-refractivity contribution in [2.45, 2.75) is 155 Å². The molecule has 0 aromatic carbocycles. The first kappa shape index (κ1) is 47.7. The van der Waals surface area contributed by atoms with Crippen LogP contribution >= 0.6 is 7.82 Å². The summed E-state index contributed by atoms with van der Waals surface area (Å²) in [4.78, 5) is 34.7. The minimum Gasteiger partial charge on any atom is -0.462 e. The third-order valence-electron chi connectivity index (χ3n) is 7.67. The summed E-state index contributed by atoms with van der Waals surface area (Å²) in [6, 6.07) is 0. The maximum atomic E-state index is 12.5. The summed E-state index contributed by atoms with van der Waals surface area (Å²) in [5.74, 6) is -0.901. The van der Waals surface area contributed by atoms with E-state index >= 15 is 0 Å². The highest BCUT2D eigenvalue weighted by atomic mass is 31.2. The molecule has 0 aliphatic heterocycles. The number of rotatable bonds is 35. The van der Waals surface area contributed by atoms with Crippen LogP contribution in [-0.4, -0.2) is 49.3 Å². The summed E-state index contributed by atoms with van der Waals surface area (Å²) in [5, 5.41) is 0. The van der Waals surface area contributed by atoms with E-state index in [0.29, 0.717) is 12.8 Å². The highest BCUT2D eigenvalue weighted by Crippen LogP contribution is 2.43. The van der Waals surface area contributed by atoms with E-state index in [1.165, 1.54) is 57.8 Å². The maximum Gasteiger partial charge on any atom is 0.472 e. The van der Waals surface area contributed by atoms with E-state index in [9.17, 15) is 19.0 Å². The highest BCUT2D eigenvalue weighted by molar-refractivity contribution is 7.47. The van der Waals surface area contributed by atoms with E-state index in [-0.39, 0.29) is 32.6 Å². The molecule has 2 atom stereocenters. The van der Waals surface area contributed by atoms with Crippen molar-refractivity contribution in [1.29, 1.82) is 0 Å². The molecule has 3 N–H and O–H groups in total. The zero-order chi connectivity index (χ0) is 36.8. The number of esters is 2. The zero-order valence-corrected chi connectivity index (χ0v) is 32.3. The number of allylic oxidation sites excluding steroid dienone is 10. The van der Waals surface area contributed by atoms with Crippen LogP contribution in [0.2, 0.25) is 0 Å². The van der Waals surface area contributed by atoms with Crippen molar-refractivity contribution in [3.63, 3.8) is 0 Å². The largest absolute Gasteiger partial charge is 0.472 e. The minimum absolute atomic E-state index is 0.0426. The molecular formula is C40H70NO8P. The molecule has 0 aliphatic carbocycles. The lowest BCUT2D eigenvalue weighted by Crippen LogP contribution is -2.29. The van der Waals surface area contributed by atoms with Crippen molar-refractivity contribution in [3.8, 4) is 0 Å². The molecule has 10 heteroatoms. The number of unbranched alkanes of at least 4 members (excludes halogenated alkanes) is 12. The van der Waals surface area contributed by atoms with E-state index in [0.717, 1.165) is 51.4 Å². The Hall–Kier alpha value is -2.29. The number of ether oxygens (including phenoxy) is 2. The van der Waals surface area contributed by atoms with E-state index in [4.69, 9.17) is 24.3 Å².